The van der Waals surface area contributed by atoms with Gasteiger partial charge in [-0.15, -0.1) is 0 Å². The first-order valence-corrected chi connectivity index (χ1v) is 28.9. The van der Waals surface area contributed by atoms with Crippen molar-refractivity contribution in [3.63, 3.8) is 0 Å². The Hall–Kier alpha value is 0.520. The van der Waals surface area contributed by atoms with Crippen LogP contribution in [0.25, 0.3) is 0 Å². The number of hydrogen-bond acceptors (Lipinski definition) is 30. The Morgan fingerprint density at radius 2 is 0.254 bits per heavy atom. The molecule has 0 spiro atoms. The van der Waals surface area contributed by atoms with Crippen LogP contribution in [0.1, 0.15) is 0 Å². The SMILES string of the molecule is O=P([O-])([O-])CN(CCN(CCN(CCN(CP(=O)([O-])[O-])CP(=O)([O-])[O-])CP(=O)([O-])[O-])CP(=O)([O-])[O-])CCN(CCN(CP(=O)([O-])[O-])CP(=O)([O-])[O-])CP(=O)([O-])[O-].[NH4+].[NH4+].[NH4+].[NH4+].[NH4+].[NH4+].[NH4+].[NH4+].[NH4+].[NH4+].[NH4+]. The van der Waals surface area contributed by atoms with E-state index in [1.54, 1.807) is 0 Å². The van der Waals surface area contributed by atoms with E-state index in [0.717, 1.165) is 9.80 Å². The lowest BCUT2D eigenvalue weighted by Gasteiger charge is -2.43. The largest absolute Gasteiger partial charge is 0.810 e. The van der Waals surface area contributed by atoms with Crippen LogP contribution in [0.2, 0.25) is 0 Å². The molecule has 49 heteroatoms. The van der Waals surface area contributed by atoms with Gasteiger partial charge in [0.25, 0.3) is 0 Å². The van der Waals surface area contributed by atoms with E-state index in [1.807, 2.05) is 0 Å². The third-order valence-corrected chi connectivity index (χ3v) is 12.6. The summed E-state index contributed by atoms with van der Waals surface area (Å²) in [7, 11) is -44.1. The summed E-state index contributed by atoms with van der Waals surface area (Å²) in [5, 5.41) is 0. The average molecular weight is 1170 g/mol. The van der Waals surface area contributed by atoms with Crippen LogP contribution in [0.5, 0.6) is 0 Å². The maximum Gasteiger partial charge on any atom is 0.0264 e. The van der Waals surface area contributed by atoms with Crippen LogP contribution < -0.4 is 146 Å². The quantitative estimate of drug-likeness (QED) is 0.0287. The smallest absolute Gasteiger partial charge is 0.0264 e. The first kappa shape index (κ1) is 96.9. The maximum absolute atomic E-state index is 11.6. The fourth-order valence-electron chi connectivity index (χ4n) is 4.76. The molecule has 0 saturated heterocycles. The lowest BCUT2D eigenvalue weighted by atomic mass is 10.4. The van der Waals surface area contributed by atoms with Gasteiger partial charge in [-0.2, -0.15) is 0 Å². The Kier molecular flexibility index (Phi) is 57.8. The van der Waals surface area contributed by atoms with Crippen molar-refractivity contribution in [3.05, 3.63) is 0 Å². The van der Waals surface area contributed by atoms with Crippen molar-refractivity contribution in [2.45, 2.75) is 0 Å². The van der Waals surface area contributed by atoms with Gasteiger partial charge in [0.2, 0.25) is 0 Å². The fraction of sp³-hybridized carbons (Fsp3) is 1.00. The van der Waals surface area contributed by atoms with E-state index in [-0.39, 0.29) is 67.7 Å². The molecule has 0 aromatic rings. The topological polar surface area (TPSA) is 926 Å². The van der Waals surface area contributed by atoms with Gasteiger partial charge in [-0.3, -0.25) is 29.4 Å². The van der Waals surface area contributed by atoms with Gasteiger partial charge in [0.1, 0.15) is 0 Å². The molecule has 0 aliphatic heterocycles. The van der Waals surface area contributed by atoms with Gasteiger partial charge in [0.15, 0.2) is 0 Å². The summed E-state index contributed by atoms with van der Waals surface area (Å²) in [5.74, 6) is 0. The van der Waals surface area contributed by atoms with Crippen LogP contribution in [-0.2, 0) is 36.5 Å². The van der Waals surface area contributed by atoms with Crippen LogP contribution in [0.15, 0.2) is 0 Å². The number of nitrogens with zero attached hydrogens (tertiary/aromatic N) is 6. The Morgan fingerprint density at radius 3 is 0.343 bits per heavy atom. The minimum Gasteiger partial charge on any atom is -0.810 e. The summed E-state index contributed by atoms with van der Waals surface area (Å²) in [6.45, 7) is -7.35. The molecule has 44 N–H and O–H groups in total. The van der Waals surface area contributed by atoms with E-state index in [4.69, 9.17) is 0 Å². The third-order valence-electron chi connectivity index (χ3n) is 6.65. The molecular formula is C18H80N17O24P8-5. The van der Waals surface area contributed by atoms with E-state index < -0.39 is 177 Å². The fourth-order valence-corrected chi connectivity index (χ4v) is 11.1. The van der Waals surface area contributed by atoms with Crippen LogP contribution in [0.3, 0.4) is 0 Å². The zero-order valence-corrected chi connectivity index (χ0v) is 46.9. The predicted molar refractivity (Wildman–Crippen MR) is 225 cm³/mol. The van der Waals surface area contributed by atoms with Gasteiger partial charge in [0, 0.05) is 116 Å². The second-order valence-corrected chi connectivity index (χ2v) is 24.3. The third kappa shape index (κ3) is 64.5. The lowest BCUT2D eigenvalue weighted by molar-refractivity contribution is -0.321. The number of hydrogen-bond donors (Lipinski definition) is 11. The number of rotatable bonds is 31. The summed E-state index contributed by atoms with van der Waals surface area (Å²) >= 11 is 0. The molecular weight excluding hydrogens is 1090 g/mol. The molecule has 0 rings (SSSR count). The highest BCUT2D eigenvalue weighted by atomic mass is 31.2. The molecule has 0 aromatic carbocycles. The van der Waals surface area contributed by atoms with E-state index in [1.165, 1.54) is 0 Å². The van der Waals surface area contributed by atoms with Crippen molar-refractivity contribution in [1.29, 1.82) is 0 Å². The Morgan fingerprint density at radius 1 is 0.179 bits per heavy atom. The van der Waals surface area contributed by atoms with E-state index in [9.17, 15) is 115 Å². The van der Waals surface area contributed by atoms with E-state index in [2.05, 4.69) is 0 Å². The molecule has 0 saturated carbocycles. The standard InChI is InChI=1S/C18H52N6O24P8.11H3N/c25-49(26,27)11-19(3-5-21(13-51(31,32)33)7-9-23(15-53(37,38)39)16-54(40,41)42)1-2-20(12-50(28,29)30)4-6-22(14-52(34,35)36)8-10-24(17-55(43,44)45)18-56(46,47)48;;;;;;;;;;;/h1-18H2,(H2,25,26,27)(H2,28,29,30)(H2,31,32,33)(H2,34,35,36)(H2,37,38,39)(H2,40,41,42)(H2,43,44,45)(H2,46,47,48);11*1H3/p-5. The van der Waals surface area contributed by atoms with Gasteiger partial charge in [0.05, 0.1) is 0 Å². The molecule has 0 heterocycles. The van der Waals surface area contributed by atoms with Crippen molar-refractivity contribution in [2.24, 2.45) is 0 Å². The Labute approximate surface area is 387 Å². The van der Waals surface area contributed by atoms with Crippen molar-refractivity contribution in [1.82, 2.24) is 97.1 Å². The average Bonchev–Trinajstić information content (AvgIpc) is 2.87. The number of quaternary nitrogens is 11. The van der Waals surface area contributed by atoms with Crippen molar-refractivity contribution in [2.75, 3.05) is 116 Å². The molecule has 0 aliphatic rings. The minimum atomic E-state index is -5.52. The molecule has 0 bridgehead atoms. The highest BCUT2D eigenvalue weighted by Crippen LogP contribution is 2.33. The van der Waals surface area contributed by atoms with Gasteiger partial charge in [-0.05, 0) is 0 Å². The molecule has 0 radical (unpaired) electrons. The molecule has 0 atom stereocenters. The normalized spacial score (nSPS) is 12.3. The Bertz CT molecular complexity index is 1460. The van der Waals surface area contributed by atoms with Crippen LogP contribution in [0.4, 0.5) is 0 Å². The second-order valence-electron chi connectivity index (χ2n) is 12.3. The molecule has 426 valence electrons. The van der Waals surface area contributed by atoms with E-state index >= 15 is 0 Å². The zero-order chi connectivity index (χ0) is 44.2. The summed E-state index contributed by atoms with van der Waals surface area (Å²) in [6, 6.07) is 0. The summed E-state index contributed by atoms with van der Waals surface area (Å²) in [6.07, 6.45) is -11.6. The van der Waals surface area contributed by atoms with Gasteiger partial charge >= 0.3 is 0 Å². The van der Waals surface area contributed by atoms with Crippen LogP contribution >= 0.6 is 60.8 Å². The summed E-state index contributed by atoms with van der Waals surface area (Å²) in [5.41, 5.74) is 0. The summed E-state index contributed by atoms with van der Waals surface area (Å²) < 4.78 is 91.0. The highest BCUT2D eigenvalue weighted by Gasteiger charge is 2.19. The van der Waals surface area contributed by atoms with E-state index in [0.29, 0.717) is 19.6 Å². The molecule has 67 heavy (non-hydrogen) atoms. The van der Waals surface area contributed by atoms with Gasteiger partial charge in [-0.1, -0.05) is 60.8 Å². The van der Waals surface area contributed by atoms with Crippen molar-refractivity contribution in [3.8, 4) is 0 Å². The predicted octanol–water partition coefficient (Wildman–Crippen LogP) is -10.1. The monoisotopic (exact) mass is 1170 g/mol. The van der Waals surface area contributed by atoms with Crippen LogP contribution in [-0.4, -0.2) is 145 Å². The zero-order valence-electron chi connectivity index (χ0n) is 39.8. The highest BCUT2D eigenvalue weighted by molar-refractivity contribution is 7.50. The molecule has 0 aromatic heterocycles. The van der Waals surface area contributed by atoms with Crippen molar-refractivity contribution >= 4 is 60.8 Å². The second kappa shape index (κ2) is 40.0. The lowest BCUT2D eigenvalue weighted by Crippen LogP contribution is -2.47. The summed E-state index contributed by atoms with van der Waals surface area (Å²) in [4.78, 5) is 185. The molecule has 0 fully saturated rings. The molecule has 41 nitrogen and oxygen atoms in total. The molecule has 0 aliphatic carbocycles. The van der Waals surface area contributed by atoms with Gasteiger partial charge in [-0.25, -0.2) is 0 Å². The first-order chi connectivity index (χ1) is 24.7. The minimum absolute atomic E-state index is 0. The first-order valence-electron chi connectivity index (χ1n) is 15.1. The van der Waals surface area contributed by atoms with Gasteiger partial charge < -0.3 is 182 Å². The molecule has 0 amide bonds. The Balaban J connectivity index is -0.000000275. The van der Waals surface area contributed by atoms with Crippen molar-refractivity contribution < 1.29 is 115 Å². The van der Waals surface area contributed by atoms with Crippen LogP contribution in [0, 0.1) is 0 Å². The molecule has 0 unspecified atom stereocenters. The maximum atomic E-state index is 11.6.